The molecule has 0 bridgehead atoms. The number of rotatable bonds is 3. The Bertz CT molecular complexity index is 303. The van der Waals surface area contributed by atoms with Crippen LogP contribution in [0.4, 0.5) is 0 Å². The second-order valence-electron chi connectivity index (χ2n) is 3.37. The van der Waals surface area contributed by atoms with Gasteiger partial charge in [-0.05, 0) is 17.7 Å². The van der Waals surface area contributed by atoms with Crippen molar-refractivity contribution in [1.29, 1.82) is 0 Å². The van der Waals surface area contributed by atoms with Crippen LogP contribution in [0.15, 0.2) is 24.3 Å². The first kappa shape index (κ1) is 9.50. The van der Waals surface area contributed by atoms with Crippen molar-refractivity contribution in [3.8, 4) is 0 Å². The monoisotopic (exact) mass is 259 g/mol. The van der Waals surface area contributed by atoms with E-state index in [0.29, 0.717) is 0 Å². The van der Waals surface area contributed by atoms with Gasteiger partial charge in [0.2, 0.25) is 0 Å². The molecule has 0 amide bonds. The lowest BCUT2D eigenvalue weighted by Gasteiger charge is -2.02. The summed E-state index contributed by atoms with van der Waals surface area (Å²) in [6.45, 7) is 2.23. The summed E-state index contributed by atoms with van der Waals surface area (Å²) in [6, 6.07) is 8.80. The molecule has 0 aromatic heterocycles. The fraction of sp³-hybridized carbons (Fsp3) is 0.400. The average molecular weight is 261 g/mol. The van der Waals surface area contributed by atoms with Crippen LogP contribution in [0.2, 0.25) is 5.02 Å². The maximum Gasteiger partial charge on any atom is 0.0409 e. The van der Waals surface area contributed by atoms with Crippen molar-refractivity contribution >= 4 is 27.5 Å². The van der Waals surface area contributed by atoms with E-state index in [1.807, 2.05) is 18.2 Å². The van der Waals surface area contributed by atoms with E-state index in [1.165, 1.54) is 12.1 Å². The summed E-state index contributed by atoms with van der Waals surface area (Å²) in [6.07, 6.45) is 0. The van der Waals surface area contributed by atoms with E-state index in [-0.39, 0.29) is 0 Å². The quantitative estimate of drug-likeness (QED) is 0.596. The standard InChI is InChI=1S/C10H11BrClN/c11-5-10-7-13(10)6-8-2-1-3-9(12)4-8/h1-4,10H,5-7H2. The molecule has 1 aliphatic rings. The van der Waals surface area contributed by atoms with Crippen LogP contribution < -0.4 is 0 Å². The predicted molar refractivity (Wildman–Crippen MR) is 59.4 cm³/mol. The Balaban J connectivity index is 1.95. The van der Waals surface area contributed by atoms with Crippen molar-refractivity contribution in [2.75, 3.05) is 11.9 Å². The highest BCUT2D eigenvalue weighted by molar-refractivity contribution is 9.09. The summed E-state index contributed by atoms with van der Waals surface area (Å²) in [5.41, 5.74) is 1.30. The van der Waals surface area contributed by atoms with Gasteiger partial charge in [-0.1, -0.05) is 39.7 Å². The zero-order valence-electron chi connectivity index (χ0n) is 7.21. The van der Waals surface area contributed by atoms with Crippen LogP contribution >= 0.6 is 27.5 Å². The Morgan fingerprint density at radius 3 is 3.00 bits per heavy atom. The van der Waals surface area contributed by atoms with Gasteiger partial charge >= 0.3 is 0 Å². The van der Waals surface area contributed by atoms with Crippen molar-refractivity contribution in [3.05, 3.63) is 34.9 Å². The normalized spacial score (nSPS) is 26.0. The molecule has 13 heavy (non-hydrogen) atoms. The molecule has 1 heterocycles. The Morgan fingerprint density at radius 2 is 2.38 bits per heavy atom. The van der Waals surface area contributed by atoms with Crippen LogP contribution in [0.1, 0.15) is 5.56 Å². The number of hydrogen-bond donors (Lipinski definition) is 0. The van der Waals surface area contributed by atoms with Crippen molar-refractivity contribution in [2.24, 2.45) is 0 Å². The first-order valence-electron chi connectivity index (χ1n) is 4.34. The highest BCUT2D eigenvalue weighted by atomic mass is 79.9. The number of hydrogen-bond acceptors (Lipinski definition) is 1. The Hall–Kier alpha value is -0.0500. The van der Waals surface area contributed by atoms with Gasteiger partial charge in [0.1, 0.15) is 0 Å². The van der Waals surface area contributed by atoms with Crippen LogP contribution in [0.25, 0.3) is 0 Å². The number of alkyl halides is 1. The lowest BCUT2D eigenvalue weighted by molar-refractivity contribution is 0.518. The van der Waals surface area contributed by atoms with Crippen molar-refractivity contribution in [2.45, 2.75) is 12.6 Å². The molecule has 1 fully saturated rings. The second kappa shape index (κ2) is 3.99. The molecular weight excluding hydrogens is 249 g/mol. The molecule has 0 spiro atoms. The minimum absolute atomic E-state index is 0.735. The minimum Gasteiger partial charge on any atom is -0.292 e. The fourth-order valence-electron chi connectivity index (χ4n) is 1.43. The van der Waals surface area contributed by atoms with Gasteiger partial charge in [-0.2, -0.15) is 0 Å². The first-order chi connectivity index (χ1) is 6.29. The summed E-state index contributed by atoms with van der Waals surface area (Å²) in [7, 11) is 0. The molecule has 0 aliphatic carbocycles. The van der Waals surface area contributed by atoms with Crippen LogP contribution in [-0.2, 0) is 6.54 Å². The summed E-state index contributed by atoms with van der Waals surface area (Å²) >= 11 is 9.37. The van der Waals surface area contributed by atoms with Gasteiger partial charge in [0.25, 0.3) is 0 Å². The van der Waals surface area contributed by atoms with Crippen LogP contribution in [0.3, 0.4) is 0 Å². The smallest absolute Gasteiger partial charge is 0.0409 e. The molecule has 2 rings (SSSR count). The lowest BCUT2D eigenvalue weighted by Crippen LogP contribution is -2.02. The van der Waals surface area contributed by atoms with Crippen LogP contribution in [0, 0.1) is 0 Å². The molecule has 1 saturated heterocycles. The molecule has 70 valence electrons. The predicted octanol–water partition coefficient (Wildman–Crippen LogP) is 2.92. The third-order valence-corrected chi connectivity index (χ3v) is 3.26. The molecule has 2 unspecified atom stereocenters. The SMILES string of the molecule is Clc1cccc(CN2CC2CBr)c1. The first-order valence-corrected chi connectivity index (χ1v) is 5.84. The third kappa shape index (κ3) is 2.46. The molecule has 0 N–H and O–H groups in total. The molecule has 0 saturated carbocycles. The highest BCUT2D eigenvalue weighted by Crippen LogP contribution is 2.23. The number of nitrogens with zero attached hydrogens (tertiary/aromatic N) is 1. The van der Waals surface area contributed by atoms with E-state index in [2.05, 4.69) is 26.9 Å². The van der Waals surface area contributed by atoms with E-state index in [1.54, 1.807) is 0 Å². The van der Waals surface area contributed by atoms with E-state index in [9.17, 15) is 0 Å². The van der Waals surface area contributed by atoms with E-state index < -0.39 is 0 Å². The number of halogens is 2. The van der Waals surface area contributed by atoms with E-state index in [0.717, 1.165) is 22.9 Å². The van der Waals surface area contributed by atoms with E-state index >= 15 is 0 Å². The van der Waals surface area contributed by atoms with Crippen molar-refractivity contribution in [1.82, 2.24) is 4.90 Å². The maximum atomic E-state index is 5.89. The van der Waals surface area contributed by atoms with Gasteiger partial charge in [-0.15, -0.1) is 0 Å². The largest absolute Gasteiger partial charge is 0.292 e. The lowest BCUT2D eigenvalue weighted by atomic mass is 10.2. The van der Waals surface area contributed by atoms with Gasteiger partial charge in [-0.25, -0.2) is 0 Å². The fourth-order valence-corrected chi connectivity index (χ4v) is 2.26. The average Bonchev–Trinajstić information content (AvgIpc) is 2.83. The van der Waals surface area contributed by atoms with Gasteiger partial charge in [-0.3, -0.25) is 4.90 Å². The summed E-state index contributed by atoms with van der Waals surface area (Å²) < 4.78 is 0. The van der Waals surface area contributed by atoms with Gasteiger partial charge in [0.15, 0.2) is 0 Å². The van der Waals surface area contributed by atoms with Gasteiger partial charge in [0.05, 0.1) is 0 Å². The topological polar surface area (TPSA) is 3.01 Å². The maximum absolute atomic E-state index is 5.89. The van der Waals surface area contributed by atoms with Gasteiger partial charge < -0.3 is 0 Å². The highest BCUT2D eigenvalue weighted by Gasteiger charge is 2.32. The Labute approximate surface area is 91.8 Å². The Kier molecular flexibility index (Phi) is 2.92. The summed E-state index contributed by atoms with van der Waals surface area (Å²) in [5.74, 6) is 0. The van der Waals surface area contributed by atoms with Gasteiger partial charge in [0, 0.05) is 29.5 Å². The van der Waals surface area contributed by atoms with Crippen molar-refractivity contribution in [3.63, 3.8) is 0 Å². The Morgan fingerprint density at radius 1 is 1.54 bits per heavy atom. The number of benzene rings is 1. The van der Waals surface area contributed by atoms with Crippen LogP contribution in [-0.4, -0.2) is 22.8 Å². The summed E-state index contributed by atoms with van der Waals surface area (Å²) in [5, 5.41) is 1.91. The minimum atomic E-state index is 0.735. The molecule has 0 radical (unpaired) electrons. The molecule has 1 nitrogen and oxygen atoms in total. The van der Waals surface area contributed by atoms with E-state index in [4.69, 9.17) is 11.6 Å². The molecule has 1 aromatic carbocycles. The summed E-state index contributed by atoms with van der Waals surface area (Å²) in [4.78, 5) is 2.42. The van der Waals surface area contributed by atoms with Crippen molar-refractivity contribution < 1.29 is 0 Å². The zero-order valence-corrected chi connectivity index (χ0v) is 9.55. The second-order valence-corrected chi connectivity index (χ2v) is 4.45. The molecular formula is C10H11BrClN. The van der Waals surface area contributed by atoms with Crippen LogP contribution in [0.5, 0.6) is 0 Å². The molecule has 3 heteroatoms. The third-order valence-electron chi connectivity index (χ3n) is 2.28. The molecule has 1 aromatic rings. The zero-order chi connectivity index (χ0) is 9.26. The molecule has 1 aliphatic heterocycles. The molecule has 2 atom stereocenters.